The summed E-state index contributed by atoms with van der Waals surface area (Å²) in [6.07, 6.45) is -3.55. The summed E-state index contributed by atoms with van der Waals surface area (Å²) < 4.78 is 40.0. The highest BCUT2D eigenvalue weighted by molar-refractivity contribution is 5.75. The fourth-order valence-corrected chi connectivity index (χ4v) is 1.82. The van der Waals surface area contributed by atoms with E-state index in [0.29, 0.717) is 16.8 Å². The van der Waals surface area contributed by atoms with Crippen LogP contribution in [0.2, 0.25) is 0 Å². The second kappa shape index (κ2) is 5.82. The maximum Gasteiger partial charge on any atom is 0.573 e. The molecule has 1 aromatic carbocycles. The van der Waals surface area contributed by atoms with Gasteiger partial charge in [-0.3, -0.25) is 9.78 Å². The Balaban J connectivity index is 2.29. The van der Waals surface area contributed by atoms with Gasteiger partial charge in [0.15, 0.2) is 0 Å². The van der Waals surface area contributed by atoms with Crippen LogP contribution in [0, 0.1) is 0 Å². The Hall–Kier alpha value is -2.57. The van der Waals surface area contributed by atoms with E-state index in [4.69, 9.17) is 5.11 Å². The molecule has 4 nitrogen and oxygen atoms in total. The van der Waals surface area contributed by atoms with Crippen molar-refractivity contribution in [2.24, 2.45) is 0 Å². The summed E-state index contributed by atoms with van der Waals surface area (Å²) in [6, 6.07) is 8.46. The standard InChI is InChI=1S/C14H10F3NO3/c15-14(16,17)21-10-5-3-9(4-6-10)11-2-1-7-18-12(11)8-13(19)20/h1-7H,8H2,(H,19,20). The van der Waals surface area contributed by atoms with Crippen molar-refractivity contribution in [3.8, 4) is 16.9 Å². The van der Waals surface area contributed by atoms with Crippen LogP contribution in [0.25, 0.3) is 11.1 Å². The van der Waals surface area contributed by atoms with Crippen LogP contribution in [0.4, 0.5) is 13.2 Å². The van der Waals surface area contributed by atoms with E-state index >= 15 is 0 Å². The van der Waals surface area contributed by atoms with Crippen molar-refractivity contribution in [3.05, 3.63) is 48.3 Å². The SMILES string of the molecule is O=C(O)Cc1ncccc1-c1ccc(OC(F)(F)F)cc1. The molecule has 1 aromatic heterocycles. The van der Waals surface area contributed by atoms with Crippen molar-refractivity contribution in [3.63, 3.8) is 0 Å². The highest BCUT2D eigenvalue weighted by Crippen LogP contribution is 2.27. The molecular weight excluding hydrogens is 287 g/mol. The van der Waals surface area contributed by atoms with Crippen molar-refractivity contribution in [2.45, 2.75) is 12.8 Å². The molecule has 0 aliphatic heterocycles. The molecular formula is C14H10F3NO3. The van der Waals surface area contributed by atoms with Crippen LogP contribution in [-0.2, 0) is 11.2 Å². The number of pyridine rings is 1. The van der Waals surface area contributed by atoms with Gasteiger partial charge in [-0.2, -0.15) is 0 Å². The van der Waals surface area contributed by atoms with Crippen molar-refractivity contribution < 1.29 is 27.8 Å². The summed E-state index contributed by atoms with van der Waals surface area (Å²) >= 11 is 0. The van der Waals surface area contributed by atoms with E-state index in [9.17, 15) is 18.0 Å². The quantitative estimate of drug-likeness (QED) is 0.941. The van der Waals surface area contributed by atoms with Gasteiger partial charge in [0.25, 0.3) is 0 Å². The van der Waals surface area contributed by atoms with Gasteiger partial charge >= 0.3 is 12.3 Å². The zero-order chi connectivity index (χ0) is 15.5. The molecule has 0 spiro atoms. The lowest BCUT2D eigenvalue weighted by molar-refractivity contribution is -0.274. The molecule has 2 aromatic rings. The lowest BCUT2D eigenvalue weighted by atomic mass is 10.0. The predicted molar refractivity (Wildman–Crippen MR) is 67.7 cm³/mol. The highest BCUT2D eigenvalue weighted by atomic mass is 19.4. The van der Waals surface area contributed by atoms with Gasteiger partial charge in [-0.1, -0.05) is 18.2 Å². The number of alkyl halides is 3. The first-order chi connectivity index (χ1) is 9.85. The minimum atomic E-state index is -4.75. The van der Waals surface area contributed by atoms with E-state index in [1.54, 1.807) is 12.1 Å². The average Bonchev–Trinajstić information content (AvgIpc) is 2.38. The number of hydrogen-bond donors (Lipinski definition) is 1. The molecule has 0 aliphatic rings. The zero-order valence-electron chi connectivity index (χ0n) is 10.6. The summed E-state index contributed by atoms with van der Waals surface area (Å²) in [5.74, 6) is -1.37. The molecule has 0 fully saturated rings. The Labute approximate surface area is 117 Å². The van der Waals surface area contributed by atoms with Gasteiger partial charge in [0.05, 0.1) is 12.1 Å². The van der Waals surface area contributed by atoms with Gasteiger partial charge in [0.2, 0.25) is 0 Å². The summed E-state index contributed by atoms with van der Waals surface area (Å²) in [7, 11) is 0. The van der Waals surface area contributed by atoms with Crippen molar-refractivity contribution in [2.75, 3.05) is 0 Å². The van der Waals surface area contributed by atoms with Crippen LogP contribution < -0.4 is 4.74 Å². The molecule has 0 amide bonds. The molecule has 2 rings (SSSR count). The second-order valence-electron chi connectivity index (χ2n) is 4.14. The zero-order valence-corrected chi connectivity index (χ0v) is 10.6. The fourth-order valence-electron chi connectivity index (χ4n) is 1.82. The van der Waals surface area contributed by atoms with E-state index in [2.05, 4.69) is 9.72 Å². The molecule has 0 aliphatic carbocycles. The minimum Gasteiger partial charge on any atom is -0.481 e. The average molecular weight is 297 g/mol. The molecule has 0 saturated heterocycles. The van der Waals surface area contributed by atoms with Crippen LogP contribution in [0.1, 0.15) is 5.69 Å². The molecule has 0 unspecified atom stereocenters. The van der Waals surface area contributed by atoms with Crippen molar-refractivity contribution in [1.29, 1.82) is 0 Å². The van der Waals surface area contributed by atoms with Gasteiger partial charge in [-0.25, -0.2) is 0 Å². The third kappa shape index (κ3) is 4.20. The van der Waals surface area contributed by atoms with Gasteiger partial charge < -0.3 is 9.84 Å². The lowest BCUT2D eigenvalue weighted by Gasteiger charge is -2.10. The van der Waals surface area contributed by atoms with E-state index < -0.39 is 12.3 Å². The number of ether oxygens (including phenoxy) is 1. The van der Waals surface area contributed by atoms with Crippen molar-refractivity contribution >= 4 is 5.97 Å². The van der Waals surface area contributed by atoms with Crippen molar-refractivity contribution in [1.82, 2.24) is 4.98 Å². The molecule has 1 N–H and O–H groups in total. The molecule has 0 atom stereocenters. The number of halogens is 3. The number of rotatable bonds is 4. The molecule has 0 radical (unpaired) electrons. The number of carbonyl (C=O) groups is 1. The number of benzene rings is 1. The van der Waals surface area contributed by atoms with E-state index in [0.717, 1.165) is 0 Å². The molecule has 21 heavy (non-hydrogen) atoms. The monoisotopic (exact) mass is 297 g/mol. The summed E-state index contributed by atoms with van der Waals surface area (Å²) in [5.41, 5.74) is 1.46. The van der Waals surface area contributed by atoms with Crippen LogP contribution >= 0.6 is 0 Å². The lowest BCUT2D eigenvalue weighted by Crippen LogP contribution is -2.16. The molecule has 110 valence electrons. The van der Waals surface area contributed by atoms with Crippen LogP contribution in [-0.4, -0.2) is 22.4 Å². The first-order valence-corrected chi connectivity index (χ1v) is 5.87. The largest absolute Gasteiger partial charge is 0.573 e. The summed E-state index contributed by atoms with van der Waals surface area (Å²) in [6.45, 7) is 0. The van der Waals surface area contributed by atoms with Crippen LogP contribution in [0.5, 0.6) is 5.75 Å². The molecule has 7 heteroatoms. The number of hydrogen-bond acceptors (Lipinski definition) is 3. The topological polar surface area (TPSA) is 59.4 Å². The molecule has 0 bridgehead atoms. The Morgan fingerprint density at radius 1 is 1.19 bits per heavy atom. The Morgan fingerprint density at radius 2 is 1.86 bits per heavy atom. The van der Waals surface area contributed by atoms with E-state index in [1.807, 2.05) is 0 Å². The van der Waals surface area contributed by atoms with Gasteiger partial charge in [-0.15, -0.1) is 13.2 Å². The maximum absolute atomic E-state index is 12.1. The van der Waals surface area contributed by atoms with E-state index in [-0.39, 0.29) is 12.2 Å². The number of aromatic nitrogens is 1. The van der Waals surface area contributed by atoms with Gasteiger partial charge in [0, 0.05) is 11.8 Å². The third-order valence-electron chi connectivity index (χ3n) is 2.61. The predicted octanol–water partition coefficient (Wildman–Crippen LogP) is 3.27. The minimum absolute atomic E-state index is 0.267. The molecule has 0 saturated carbocycles. The number of carboxylic acids is 1. The number of nitrogens with zero attached hydrogens (tertiary/aromatic N) is 1. The Morgan fingerprint density at radius 3 is 2.43 bits per heavy atom. The third-order valence-corrected chi connectivity index (χ3v) is 2.61. The van der Waals surface area contributed by atoms with E-state index in [1.165, 1.54) is 30.5 Å². The number of aliphatic carboxylic acids is 1. The maximum atomic E-state index is 12.1. The summed E-state index contributed by atoms with van der Waals surface area (Å²) in [4.78, 5) is 14.8. The fraction of sp³-hybridized carbons (Fsp3) is 0.143. The van der Waals surface area contributed by atoms with Crippen LogP contribution in [0.15, 0.2) is 42.6 Å². The Kier molecular flexibility index (Phi) is 4.11. The number of carboxylic acid groups (broad SMARTS) is 1. The Bertz CT molecular complexity index is 639. The highest BCUT2D eigenvalue weighted by Gasteiger charge is 2.30. The van der Waals surface area contributed by atoms with Gasteiger partial charge in [-0.05, 0) is 23.8 Å². The second-order valence-corrected chi connectivity index (χ2v) is 4.14. The smallest absolute Gasteiger partial charge is 0.481 e. The first-order valence-electron chi connectivity index (χ1n) is 5.87. The molecule has 1 heterocycles. The normalized spacial score (nSPS) is 11.2. The van der Waals surface area contributed by atoms with Gasteiger partial charge in [0.1, 0.15) is 5.75 Å². The van der Waals surface area contributed by atoms with Crippen LogP contribution in [0.3, 0.4) is 0 Å². The summed E-state index contributed by atoms with van der Waals surface area (Å²) in [5, 5.41) is 8.82. The first kappa shape index (κ1) is 14.8.